The summed E-state index contributed by atoms with van der Waals surface area (Å²) in [5.74, 6) is -1.28. The third-order valence-electron chi connectivity index (χ3n) is 4.55. The van der Waals surface area contributed by atoms with Crippen molar-refractivity contribution >= 4 is 17.7 Å². The Labute approximate surface area is 131 Å². The van der Waals surface area contributed by atoms with Crippen LogP contribution in [0.3, 0.4) is 0 Å². The van der Waals surface area contributed by atoms with Crippen molar-refractivity contribution in [2.45, 2.75) is 33.1 Å². The fraction of sp³-hybridized carbons (Fsp3) is 0.588. The van der Waals surface area contributed by atoms with Crippen molar-refractivity contribution in [2.24, 2.45) is 22.7 Å². The molecule has 0 saturated heterocycles. The summed E-state index contributed by atoms with van der Waals surface area (Å²) >= 11 is 0. The predicted molar refractivity (Wildman–Crippen MR) is 83.3 cm³/mol. The van der Waals surface area contributed by atoms with Gasteiger partial charge >= 0.3 is 11.9 Å². The average Bonchev–Trinajstić information content (AvgIpc) is 2.53. The first-order valence-electron chi connectivity index (χ1n) is 7.58. The molecule has 2 aliphatic rings. The molecule has 0 aromatic carbocycles. The third kappa shape index (κ3) is 2.98. The molecule has 5 nitrogen and oxygen atoms in total. The molecule has 1 heterocycles. The van der Waals surface area contributed by atoms with Gasteiger partial charge in [0.25, 0.3) is 0 Å². The molecule has 0 N–H and O–H groups in total. The summed E-state index contributed by atoms with van der Waals surface area (Å²) in [7, 11) is 2.73. The number of nitrogens with zero attached hydrogens (tertiary/aromatic N) is 1. The van der Waals surface area contributed by atoms with E-state index in [0.29, 0.717) is 17.0 Å². The molecule has 0 fully saturated rings. The Morgan fingerprint density at radius 3 is 2.45 bits per heavy atom. The summed E-state index contributed by atoms with van der Waals surface area (Å²) in [4.78, 5) is 29.0. The fourth-order valence-corrected chi connectivity index (χ4v) is 3.55. The molecule has 0 radical (unpaired) electrons. The van der Waals surface area contributed by atoms with Crippen molar-refractivity contribution in [3.63, 3.8) is 0 Å². The first-order valence-corrected chi connectivity index (χ1v) is 7.58. The molecule has 1 aliphatic heterocycles. The lowest BCUT2D eigenvalue weighted by Crippen LogP contribution is -2.41. The number of hydrogen-bond donors (Lipinski definition) is 0. The number of aliphatic imine (C=N–C) groups is 1. The van der Waals surface area contributed by atoms with Crippen molar-refractivity contribution < 1.29 is 19.1 Å². The molecule has 5 heteroatoms. The first-order chi connectivity index (χ1) is 10.5. The third-order valence-corrected chi connectivity index (χ3v) is 4.55. The molecule has 0 saturated carbocycles. The van der Waals surface area contributed by atoms with Gasteiger partial charge in [0.05, 0.1) is 19.8 Å². The maximum atomic E-state index is 12.3. The molecule has 2 rings (SSSR count). The average molecular weight is 305 g/mol. The van der Waals surface area contributed by atoms with Crippen LogP contribution in [0.4, 0.5) is 0 Å². The Balaban J connectivity index is 2.50. The van der Waals surface area contributed by atoms with Crippen LogP contribution in [0.5, 0.6) is 0 Å². The number of esters is 2. The first kappa shape index (κ1) is 16.5. The maximum absolute atomic E-state index is 12.3. The Hall–Kier alpha value is -1.91. The fourth-order valence-electron chi connectivity index (χ4n) is 3.55. The highest BCUT2D eigenvalue weighted by molar-refractivity contribution is 6.05. The Morgan fingerprint density at radius 1 is 1.18 bits per heavy atom. The number of rotatable bonds is 3. The molecule has 3 unspecified atom stereocenters. The summed E-state index contributed by atoms with van der Waals surface area (Å²) in [5, 5.41) is 0. The Kier molecular flexibility index (Phi) is 5.16. The van der Waals surface area contributed by atoms with Crippen LogP contribution in [0.1, 0.15) is 33.1 Å². The van der Waals surface area contributed by atoms with E-state index in [0.717, 1.165) is 19.3 Å². The summed E-state index contributed by atoms with van der Waals surface area (Å²) < 4.78 is 9.91. The van der Waals surface area contributed by atoms with Gasteiger partial charge < -0.3 is 9.47 Å². The van der Waals surface area contributed by atoms with E-state index >= 15 is 0 Å². The maximum Gasteiger partial charge on any atom is 0.335 e. The van der Waals surface area contributed by atoms with E-state index in [9.17, 15) is 9.59 Å². The van der Waals surface area contributed by atoms with Gasteiger partial charge in [0.1, 0.15) is 5.92 Å². The van der Waals surface area contributed by atoms with Crippen LogP contribution in [0.25, 0.3) is 0 Å². The van der Waals surface area contributed by atoms with Crippen molar-refractivity contribution in [1.82, 2.24) is 0 Å². The second-order valence-electron chi connectivity index (χ2n) is 5.82. The molecule has 0 amide bonds. The summed E-state index contributed by atoms with van der Waals surface area (Å²) in [5.41, 5.74) is 1.87. The van der Waals surface area contributed by atoms with Gasteiger partial charge in [-0.15, -0.1) is 0 Å². The quantitative estimate of drug-likeness (QED) is 0.594. The number of ether oxygens (including phenoxy) is 2. The molecule has 120 valence electrons. The molecule has 1 aliphatic carbocycles. The topological polar surface area (TPSA) is 65.0 Å². The van der Waals surface area contributed by atoms with E-state index in [4.69, 9.17) is 9.47 Å². The molecule has 0 bridgehead atoms. The van der Waals surface area contributed by atoms with Crippen LogP contribution in [0, 0.1) is 17.8 Å². The molecule has 0 spiro atoms. The lowest BCUT2D eigenvalue weighted by Gasteiger charge is -2.36. The van der Waals surface area contributed by atoms with Gasteiger partial charge in [-0.3, -0.25) is 9.79 Å². The molecule has 3 atom stereocenters. The highest BCUT2D eigenvalue weighted by Gasteiger charge is 2.44. The number of carbonyl (C=O) groups excluding carboxylic acids is 2. The molecule has 0 aromatic rings. The summed E-state index contributed by atoms with van der Waals surface area (Å²) in [6.45, 7) is 3.62. The van der Waals surface area contributed by atoms with Crippen LogP contribution in [-0.2, 0) is 19.1 Å². The highest BCUT2D eigenvalue weighted by Crippen LogP contribution is 2.41. The normalized spacial score (nSPS) is 28.2. The monoisotopic (exact) mass is 305 g/mol. The standard InChI is InChI=1S/C17H23NO4/c1-10-13(16(19)21-3)15(12-8-6-5-7-9-12)14(11(2)18-10)17(20)22-4/h5-6,12-13,15H,7-9H2,1-4H3. The van der Waals surface area contributed by atoms with Gasteiger partial charge in [0.15, 0.2) is 0 Å². The number of hydrogen-bond acceptors (Lipinski definition) is 5. The van der Waals surface area contributed by atoms with Crippen LogP contribution in [-0.4, -0.2) is 31.9 Å². The van der Waals surface area contributed by atoms with Gasteiger partial charge in [0.2, 0.25) is 0 Å². The zero-order valence-corrected chi connectivity index (χ0v) is 13.6. The van der Waals surface area contributed by atoms with E-state index in [1.807, 2.05) is 6.92 Å². The van der Waals surface area contributed by atoms with Gasteiger partial charge in [-0.25, -0.2) is 4.79 Å². The van der Waals surface area contributed by atoms with E-state index in [1.165, 1.54) is 14.2 Å². The SMILES string of the molecule is COC(=O)C1=C(C)N=C(C)C(C(=O)OC)C1C1CC=CCC1. The molecule has 0 aromatic heterocycles. The van der Waals surface area contributed by atoms with Crippen molar-refractivity contribution in [2.75, 3.05) is 14.2 Å². The number of methoxy groups -OCH3 is 2. The minimum absolute atomic E-state index is 0.212. The number of allylic oxidation sites excluding steroid dienone is 3. The van der Waals surface area contributed by atoms with Crippen LogP contribution >= 0.6 is 0 Å². The van der Waals surface area contributed by atoms with Crippen molar-refractivity contribution in [1.29, 1.82) is 0 Å². The summed E-state index contributed by atoms with van der Waals surface area (Å²) in [6, 6.07) is 0. The van der Waals surface area contributed by atoms with E-state index < -0.39 is 11.9 Å². The minimum Gasteiger partial charge on any atom is -0.468 e. The lowest BCUT2D eigenvalue weighted by molar-refractivity contribution is -0.145. The largest absolute Gasteiger partial charge is 0.468 e. The van der Waals surface area contributed by atoms with Gasteiger partial charge in [0, 0.05) is 17.3 Å². The lowest BCUT2D eigenvalue weighted by atomic mass is 9.69. The second kappa shape index (κ2) is 6.90. The second-order valence-corrected chi connectivity index (χ2v) is 5.82. The van der Waals surface area contributed by atoms with Gasteiger partial charge in [-0.1, -0.05) is 12.2 Å². The Morgan fingerprint density at radius 2 is 1.91 bits per heavy atom. The van der Waals surface area contributed by atoms with E-state index in [1.54, 1.807) is 6.92 Å². The van der Waals surface area contributed by atoms with Gasteiger partial charge in [-0.2, -0.15) is 0 Å². The zero-order valence-electron chi connectivity index (χ0n) is 13.6. The van der Waals surface area contributed by atoms with E-state index in [-0.39, 0.29) is 17.8 Å². The van der Waals surface area contributed by atoms with Crippen LogP contribution in [0.2, 0.25) is 0 Å². The molecular weight excluding hydrogens is 282 g/mol. The highest BCUT2D eigenvalue weighted by atomic mass is 16.5. The van der Waals surface area contributed by atoms with Gasteiger partial charge in [-0.05, 0) is 39.0 Å². The van der Waals surface area contributed by atoms with E-state index in [2.05, 4.69) is 17.1 Å². The number of carbonyl (C=O) groups is 2. The Bertz CT molecular complexity index is 559. The molecular formula is C17H23NO4. The molecule has 22 heavy (non-hydrogen) atoms. The van der Waals surface area contributed by atoms with Crippen molar-refractivity contribution in [3.8, 4) is 0 Å². The summed E-state index contributed by atoms with van der Waals surface area (Å²) in [6.07, 6.45) is 7.00. The van der Waals surface area contributed by atoms with Crippen LogP contribution < -0.4 is 0 Å². The minimum atomic E-state index is -0.515. The smallest absolute Gasteiger partial charge is 0.335 e. The van der Waals surface area contributed by atoms with Crippen LogP contribution in [0.15, 0.2) is 28.4 Å². The zero-order chi connectivity index (χ0) is 16.3. The predicted octanol–water partition coefficient (Wildman–Crippen LogP) is 2.67. The van der Waals surface area contributed by atoms with Crippen molar-refractivity contribution in [3.05, 3.63) is 23.4 Å².